The molecule has 1 amide bonds. The number of hydrogen-bond donors (Lipinski definition) is 1. The maximum atomic E-state index is 13.4. The summed E-state index contributed by atoms with van der Waals surface area (Å²) in [5.41, 5.74) is 2.24. The molecule has 1 aliphatic carbocycles. The number of nitrogens with zero attached hydrogens (tertiary/aromatic N) is 1. The third-order valence-corrected chi connectivity index (χ3v) is 6.18. The molecule has 1 saturated carbocycles. The lowest BCUT2D eigenvalue weighted by Crippen LogP contribution is -2.35. The summed E-state index contributed by atoms with van der Waals surface area (Å²) < 4.78 is 0. The fourth-order valence-corrected chi connectivity index (χ4v) is 4.33. The van der Waals surface area contributed by atoms with Crippen molar-refractivity contribution in [2.45, 2.75) is 76.7 Å². The molecule has 0 radical (unpaired) electrons. The first-order valence-corrected chi connectivity index (χ1v) is 12.0. The van der Waals surface area contributed by atoms with E-state index in [4.69, 9.17) is 0 Å². The number of nitro groups is 1. The predicted octanol–water partition coefficient (Wildman–Crippen LogP) is 6.92. The molecule has 1 N–H and O–H groups in total. The van der Waals surface area contributed by atoms with Crippen molar-refractivity contribution in [3.63, 3.8) is 0 Å². The Labute approximate surface area is 191 Å². The van der Waals surface area contributed by atoms with Gasteiger partial charge < -0.3 is 5.32 Å². The highest BCUT2D eigenvalue weighted by Gasteiger charge is 2.18. The molecule has 0 unspecified atom stereocenters. The Balaban J connectivity index is 1.77. The van der Waals surface area contributed by atoms with Gasteiger partial charge in [0.2, 0.25) is 0 Å². The molecule has 5 heteroatoms. The van der Waals surface area contributed by atoms with Crippen LogP contribution in [-0.4, -0.2) is 16.9 Å². The zero-order valence-electron chi connectivity index (χ0n) is 18.8. The first kappa shape index (κ1) is 23.7. The Morgan fingerprint density at radius 2 is 1.34 bits per heavy atom. The molecule has 1 aliphatic rings. The van der Waals surface area contributed by atoms with E-state index in [-0.39, 0.29) is 17.6 Å². The van der Waals surface area contributed by atoms with E-state index in [1.54, 1.807) is 12.1 Å². The van der Waals surface area contributed by atoms with Crippen molar-refractivity contribution in [2.24, 2.45) is 0 Å². The van der Waals surface area contributed by atoms with Crippen LogP contribution in [0.1, 0.15) is 81.8 Å². The first-order valence-electron chi connectivity index (χ1n) is 12.0. The number of carbonyl (C=O) groups is 1. The molecule has 0 spiro atoms. The number of nitro benzene ring substituents is 1. The smallest absolute Gasteiger partial charge is 0.269 e. The SMILES string of the molecule is O=C(NC1CCCCCCCCCCC1)/C(=C/c1ccc([N+](=O)[O-])cc1)c1ccccc1. The summed E-state index contributed by atoms with van der Waals surface area (Å²) in [7, 11) is 0. The molecule has 2 aromatic rings. The van der Waals surface area contributed by atoms with Crippen LogP contribution in [0.5, 0.6) is 0 Å². The van der Waals surface area contributed by atoms with Crippen LogP contribution in [0.15, 0.2) is 54.6 Å². The lowest BCUT2D eigenvalue weighted by atomic mass is 9.96. The van der Waals surface area contributed by atoms with E-state index in [1.165, 1.54) is 57.1 Å². The maximum Gasteiger partial charge on any atom is 0.269 e. The summed E-state index contributed by atoms with van der Waals surface area (Å²) in [6.45, 7) is 0. The predicted molar refractivity (Wildman–Crippen MR) is 130 cm³/mol. The molecule has 0 saturated heterocycles. The number of benzene rings is 2. The van der Waals surface area contributed by atoms with Gasteiger partial charge in [0, 0.05) is 23.7 Å². The minimum atomic E-state index is -0.415. The Morgan fingerprint density at radius 1 is 0.812 bits per heavy atom. The standard InChI is InChI=1S/C27H34N2O3/c30-27(28-24-15-11-6-4-2-1-3-5-7-12-16-24)26(23-13-9-8-10-14-23)21-22-17-19-25(20-18-22)29(31)32/h8-10,13-14,17-21,24H,1-7,11-12,15-16H2,(H,28,30)/b26-21+. The first-order chi connectivity index (χ1) is 15.6. The summed E-state index contributed by atoms with van der Waals surface area (Å²) in [5.74, 6) is -0.0772. The van der Waals surface area contributed by atoms with E-state index in [1.807, 2.05) is 36.4 Å². The molecule has 0 aromatic heterocycles. The van der Waals surface area contributed by atoms with Gasteiger partial charge in [0.25, 0.3) is 11.6 Å². The molecule has 170 valence electrons. The van der Waals surface area contributed by atoms with E-state index in [0.717, 1.165) is 36.8 Å². The molecule has 0 atom stereocenters. The van der Waals surface area contributed by atoms with Gasteiger partial charge in [0.05, 0.1) is 4.92 Å². The zero-order valence-corrected chi connectivity index (χ0v) is 18.8. The van der Waals surface area contributed by atoms with Crippen molar-refractivity contribution in [3.05, 3.63) is 75.8 Å². The summed E-state index contributed by atoms with van der Waals surface area (Å²) in [6.07, 6.45) is 15.2. The minimum absolute atomic E-state index is 0.0427. The molecule has 1 fully saturated rings. The number of rotatable bonds is 5. The van der Waals surface area contributed by atoms with Gasteiger partial charge in [0.15, 0.2) is 0 Å². The number of carbonyl (C=O) groups excluding carboxylic acids is 1. The van der Waals surface area contributed by atoms with E-state index >= 15 is 0 Å². The summed E-state index contributed by atoms with van der Waals surface area (Å²) in [6, 6.07) is 16.1. The topological polar surface area (TPSA) is 72.2 Å². The molecule has 0 bridgehead atoms. The third kappa shape index (κ3) is 7.63. The molecular formula is C27H34N2O3. The van der Waals surface area contributed by atoms with Crippen LogP contribution >= 0.6 is 0 Å². The average molecular weight is 435 g/mol. The van der Waals surface area contributed by atoms with Crippen molar-refractivity contribution in [2.75, 3.05) is 0 Å². The van der Waals surface area contributed by atoms with Crippen LogP contribution in [0.3, 0.4) is 0 Å². The largest absolute Gasteiger partial charge is 0.349 e. The average Bonchev–Trinajstić information content (AvgIpc) is 2.80. The lowest BCUT2D eigenvalue weighted by molar-refractivity contribution is -0.384. The Hall–Kier alpha value is -2.95. The Kier molecular flexibility index (Phi) is 9.48. The Bertz CT molecular complexity index is 879. The summed E-state index contributed by atoms with van der Waals surface area (Å²) >= 11 is 0. The second-order valence-electron chi connectivity index (χ2n) is 8.70. The molecule has 5 nitrogen and oxygen atoms in total. The van der Waals surface area contributed by atoms with Gasteiger partial charge in [-0.2, -0.15) is 0 Å². The van der Waals surface area contributed by atoms with Crippen molar-refractivity contribution in [1.82, 2.24) is 5.32 Å². The number of hydrogen-bond acceptors (Lipinski definition) is 3. The number of amides is 1. The van der Waals surface area contributed by atoms with Crippen molar-refractivity contribution in [1.29, 1.82) is 0 Å². The summed E-state index contributed by atoms with van der Waals surface area (Å²) in [5, 5.41) is 14.3. The van der Waals surface area contributed by atoms with Crippen molar-refractivity contribution in [3.8, 4) is 0 Å². The van der Waals surface area contributed by atoms with Gasteiger partial charge in [-0.05, 0) is 42.2 Å². The van der Waals surface area contributed by atoms with Crippen molar-refractivity contribution < 1.29 is 9.72 Å². The number of non-ortho nitro benzene ring substituents is 1. The highest BCUT2D eigenvalue weighted by Crippen LogP contribution is 2.22. The molecule has 0 heterocycles. The van der Waals surface area contributed by atoms with Gasteiger partial charge in [-0.25, -0.2) is 0 Å². The van der Waals surface area contributed by atoms with Gasteiger partial charge >= 0.3 is 0 Å². The molecule has 32 heavy (non-hydrogen) atoms. The quantitative estimate of drug-likeness (QED) is 0.240. The lowest BCUT2D eigenvalue weighted by Gasteiger charge is -2.21. The van der Waals surface area contributed by atoms with Crippen LogP contribution < -0.4 is 5.32 Å². The van der Waals surface area contributed by atoms with E-state index < -0.39 is 4.92 Å². The van der Waals surface area contributed by atoms with E-state index in [2.05, 4.69) is 5.32 Å². The fraction of sp³-hybridized carbons (Fsp3) is 0.444. The normalized spacial score (nSPS) is 17.1. The van der Waals surface area contributed by atoms with Gasteiger partial charge in [-0.1, -0.05) is 88.1 Å². The van der Waals surface area contributed by atoms with Crippen LogP contribution in [0.25, 0.3) is 11.6 Å². The number of nitrogens with one attached hydrogen (secondary N) is 1. The van der Waals surface area contributed by atoms with E-state index in [0.29, 0.717) is 5.57 Å². The molecule has 0 aliphatic heterocycles. The molecular weight excluding hydrogens is 400 g/mol. The monoisotopic (exact) mass is 434 g/mol. The van der Waals surface area contributed by atoms with Crippen molar-refractivity contribution >= 4 is 23.2 Å². The van der Waals surface area contributed by atoms with Gasteiger partial charge in [0.1, 0.15) is 0 Å². The van der Waals surface area contributed by atoms with E-state index in [9.17, 15) is 14.9 Å². The highest BCUT2D eigenvalue weighted by atomic mass is 16.6. The second kappa shape index (κ2) is 12.8. The minimum Gasteiger partial charge on any atom is -0.349 e. The molecule has 2 aromatic carbocycles. The second-order valence-corrected chi connectivity index (χ2v) is 8.70. The third-order valence-electron chi connectivity index (χ3n) is 6.18. The van der Waals surface area contributed by atoms with Crippen LogP contribution in [0, 0.1) is 10.1 Å². The maximum absolute atomic E-state index is 13.4. The van der Waals surface area contributed by atoms with Gasteiger partial charge in [-0.3, -0.25) is 14.9 Å². The molecule has 3 rings (SSSR count). The van der Waals surface area contributed by atoms with Crippen LogP contribution in [0.2, 0.25) is 0 Å². The Morgan fingerprint density at radius 3 is 1.88 bits per heavy atom. The zero-order chi connectivity index (χ0) is 22.6. The summed E-state index contributed by atoms with van der Waals surface area (Å²) in [4.78, 5) is 23.9. The van der Waals surface area contributed by atoms with Crippen LogP contribution in [-0.2, 0) is 4.79 Å². The van der Waals surface area contributed by atoms with Gasteiger partial charge in [-0.15, -0.1) is 0 Å². The van der Waals surface area contributed by atoms with Crippen LogP contribution in [0.4, 0.5) is 5.69 Å². The highest BCUT2D eigenvalue weighted by molar-refractivity contribution is 6.24. The fourth-order valence-electron chi connectivity index (χ4n) is 4.33.